The summed E-state index contributed by atoms with van der Waals surface area (Å²) in [5.41, 5.74) is 3.48. The predicted octanol–water partition coefficient (Wildman–Crippen LogP) is 4.48. The maximum Gasteiger partial charge on any atom is 0.261 e. The number of aryl methyl sites for hydroxylation is 2. The summed E-state index contributed by atoms with van der Waals surface area (Å²) in [6, 6.07) is 11.7. The standard InChI is InChI=1S/C20H24FNO2/c1-5-19(24-18-10-8-17(21)9-11-18)20(23)22-15(4)16-7-6-13(2)14(3)12-16/h6-12,15,19H,5H2,1-4H3,(H,22,23)/t15-,19-/m1/s1. The average molecular weight is 329 g/mol. The van der Waals surface area contributed by atoms with Gasteiger partial charge in [0.25, 0.3) is 5.91 Å². The Morgan fingerprint density at radius 2 is 1.79 bits per heavy atom. The van der Waals surface area contributed by atoms with Gasteiger partial charge in [0, 0.05) is 0 Å². The Hall–Kier alpha value is -2.36. The Balaban J connectivity index is 2.02. The quantitative estimate of drug-likeness (QED) is 0.849. The van der Waals surface area contributed by atoms with E-state index in [9.17, 15) is 9.18 Å². The lowest BCUT2D eigenvalue weighted by Crippen LogP contribution is -2.39. The summed E-state index contributed by atoms with van der Waals surface area (Å²) in [6.45, 7) is 7.95. The molecule has 0 spiro atoms. The Labute approximate surface area is 142 Å². The maximum atomic E-state index is 13.0. The van der Waals surface area contributed by atoms with Crippen molar-refractivity contribution in [3.8, 4) is 5.75 Å². The van der Waals surface area contributed by atoms with Crippen molar-refractivity contribution >= 4 is 5.91 Å². The molecule has 0 saturated heterocycles. The minimum Gasteiger partial charge on any atom is -0.481 e. The van der Waals surface area contributed by atoms with Gasteiger partial charge in [-0.3, -0.25) is 4.79 Å². The largest absolute Gasteiger partial charge is 0.481 e. The van der Waals surface area contributed by atoms with Gasteiger partial charge >= 0.3 is 0 Å². The number of rotatable bonds is 6. The highest BCUT2D eigenvalue weighted by Gasteiger charge is 2.20. The van der Waals surface area contributed by atoms with E-state index in [4.69, 9.17) is 4.74 Å². The summed E-state index contributed by atoms with van der Waals surface area (Å²) in [5.74, 6) is -0.0204. The molecule has 0 bridgehead atoms. The molecule has 2 aromatic rings. The van der Waals surface area contributed by atoms with Gasteiger partial charge in [-0.05, 0) is 68.1 Å². The molecule has 0 aliphatic heterocycles. The third kappa shape index (κ3) is 4.57. The van der Waals surface area contributed by atoms with Crippen LogP contribution in [0.2, 0.25) is 0 Å². The van der Waals surface area contributed by atoms with Gasteiger partial charge in [-0.15, -0.1) is 0 Å². The Kier molecular flexibility index (Phi) is 5.96. The number of halogens is 1. The highest BCUT2D eigenvalue weighted by Crippen LogP contribution is 2.18. The summed E-state index contributed by atoms with van der Waals surface area (Å²) in [6.07, 6.45) is -0.0764. The average Bonchev–Trinajstić information content (AvgIpc) is 2.56. The second kappa shape index (κ2) is 7.95. The fourth-order valence-electron chi connectivity index (χ4n) is 2.42. The number of nitrogens with one attached hydrogen (secondary N) is 1. The second-order valence-electron chi connectivity index (χ2n) is 6.04. The van der Waals surface area contributed by atoms with Crippen molar-refractivity contribution in [2.45, 2.75) is 46.3 Å². The topological polar surface area (TPSA) is 38.3 Å². The summed E-state index contributed by atoms with van der Waals surface area (Å²) in [5, 5.41) is 2.99. The van der Waals surface area contributed by atoms with Crippen molar-refractivity contribution in [2.75, 3.05) is 0 Å². The monoisotopic (exact) mass is 329 g/mol. The first-order valence-electron chi connectivity index (χ1n) is 8.20. The van der Waals surface area contributed by atoms with Crippen LogP contribution in [0.15, 0.2) is 42.5 Å². The van der Waals surface area contributed by atoms with Gasteiger partial charge in [-0.25, -0.2) is 4.39 Å². The van der Waals surface area contributed by atoms with E-state index in [0.717, 1.165) is 5.56 Å². The summed E-state index contributed by atoms with van der Waals surface area (Å²) in [4.78, 5) is 12.5. The smallest absolute Gasteiger partial charge is 0.261 e. The zero-order chi connectivity index (χ0) is 17.7. The molecule has 0 fully saturated rings. The number of carbonyl (C=O) groups is 1. The van der Waals surface area contributed by atoms with Gasteiger partial charge in [-0.1, -0.05) is 25.1 Å². The Morgan fingerprint density at radius 3 is 2.38 bits per heavy atom. The SMILES string of the molecule is CC[C@@H](Oc1ccc(F)cc1)C(=O)N[C@H](C)c1ccc(C)c(C)c1. The molecule has 0 aliphatic carbocycles. The fraction of sp³-hybridized carbons (Fsp3) is 0.350. The molecule has 0 aromatic heterocycles. The predicted molar refractivity (Wildman–Crippen MR) is 93.6 cm³/mol. The second-order valence-corrected chi connectivity index (χ2v) is 6.04. The van der Waals surface area contributed by atoms with E-state index < -0.39 is 6.10 Å². The van der Waals surface area contributed by atoms with Crippen LogP contribution in [0.1, 0.15) is 43.0 Å². The lowest BCUT2D eigenvalue weighted by molar-refractivity contribution is -0.128. The van der Waals surface area contributed by atoms with Crippen LogP contribution < -0.4 is 10.1 Å². The minimum absolute atomic E-state index is 0.109. The lowest BCUT2D eigenvalue weighted by atomic mass is 10.0. The third-order valence-corrected chi connectivity index (χ3v) is 4.14. The molecule has 2 rings (SSSR count). The van der Waals surface area contributed by atoms with Crippen LogP contribution in [0.25, 0.3) is 0 Å². The number of ether oxygens (including phenoxy) is 1. The summed E-state index contributed by atoms with van der Waals surface area (Å²) < 4.78 is 18.6. The van der Waals surface area contributed by atoms with Crippen LogP contribution in [0.5, 0.6) is 5.75 Å². The molecule has 0 aliphatic rings. The van der Waals surface area contributed by atoms with Gasteiger partial charge in [-0.2, -0.15) is 0 Å². The maximum absolute atomic E-state index is 13.0. The molecular formula is C20H24FNO2. The molecule has 3 nitrogen and oxygen atoms in total. The first-order chi connectivity index (χ1) is 11.4. The number of benzene rings is 2. The Bertz CT molecular complexity index is 697. The molecule has 2 aromatic carbocycles. The zero-order valence-electron chi connectivity index (χ0n) is 14.6. The molecule has 24 heavy (non-hydrogen) atoms. The van der Waals surface area contributed by atoms with Crippen LogP contribution in [-0.4, -0.2) is 12.0 Å². The normalized spacial score (nSPS) is 13.2. The van der Waals surface area contributed by atoms with Gasteiger partial charge in [0.1, 0.15) is 11.6 Å². The highest BCUT2D eigenvalue weighted by molar-refractivity contribution is 5.81. The van der Waals surface area contributed by atoms with E-state index in [-0.39, 0.29) is 17.8 Å². The number of amides is 1. The van der Waals surface area contributed by atoms with Crippen LogP contribution in [0.4, 0.5) is 4.39 Å². The van der Waals surface area contributed by atoms with Gasteiger partial charge in [0.05, 0.1) is 6.04 Å². The molecule has 128 valence electrons. The molecule has 0 saturated carbocycles. The van der Waals surface area contributed by atoms with Crippen molar-refractivity contribution in [3.63, 3.8) is 0 Å². The van der Waals surface area contributed by atoms with Gasteiger partial charge < -0.3 is 10.1 Å². The first kappa shape index (κ1) is 18.0. The molecule has 1 N–H and O–H groups in total. The molecular weight excluding hydrogens is 305 g/mol. The number of hydrogen-bond acceptors (Lipinski definition) is 2. The Morgan fingerprint density at radius 1 is 1.12 bits per heavy atom. The van der Waals surface area contributed by atoms with E-state index in [1.165, 1.54) is 35.4 Å². The van der Waals surface area contributed by atoms with Crippen molar-refractivity contribution in [2.24, 2.45) is 0 Å². The van der Waals surface area contributed by atoms with Crippen molar-refractivity contribution < 1.29 is 13.9 Å². The van der Waals surface area contributed by atoms with E-state index in [0.29, 0.717) is 12.2 Å². The summed E-state index contributed by atoms with van der Waals surface area (Å²) in [7, 11) is 0. The van der Waals surface area contributed by atoms with E-state index >= 15 is 0 Å². The van der Waals surface area contributed by atoms with Crippen LogP contribution in [-0.2, 0) is 4.79 Å². The van der Waals surface area contributed by atoms with Crippen molar-refractivity contribution in [1.29, 1.82) is 0 Å². The minimum atomic E-state index is -0.607. The van der Waals surface area contributed by atoms with E-state index in [1.807, 2.05) is 19.9 Å². The molecule has 0 heterocycles. The fourth-order valence-corrected chi connectivity index (χ4v) is 2.42. The zero-order valence-corrected chi connectivity index (χ0v) is 14.6. The van der Waals surface area contributed by atoms with Crippen molar-refractivity contribution in [1.82, 2.24) is 5.32 Å². The van der Waals surface area contributed by atoms with E-state index in [2.05, 4.69) is 31.3 Å². The van der Waals surface area contributed by atoms with Gasteiger partial charge in [0.2, 0.25) is 0 Å². The molecule has 1 amide bonds. The molecule has 4 heteroatoms. The van der Waals surface area contributed by atoms with Gasteiger partial charge in [0.15, 0.2) is 6.10 Å². The van der Waals surface area contributed by atoms with Crippen LogP contribution in [0.3, 0.4) is 0 Å². The summed E-state index contributed by atoms with van der Waals surface area (Å²) >= 11 is 0. The van der Waals surface area contributed by atoms with E-state index in [1.54, 1.807) is 0 Å². The van der Waals surface area contributed by atoms with Crippen LogP contribution in [0, 0.1) is 19.7 Å². The molecule has 2 atom stereocenters. The van der Waals surface area contributed by atoms with Crippen molar-refractivity contribution in [3.05, 3.63) is 65.0 Å². The number of hydrogen-bond donors (Lipinski definition) is 1. The first-order valence-corrected chi connectivity index (χ1v) is 8.20. The number of carbonyl (C=O) groups excluding carboxylic acids is 1. The third-order valence-electron chi connectivity index (χ3n) is 4.14. The molecule has 0 unspecified atom stereocenters. The highest BCUT2D eigenvalue weighted by atomic mass is 19.1. The molecule has 0 radical (unpaired) electrons. The van der Waals surface area contributed by atoms with Crippen LogP contribution >= 0.6 is 0 Å². The lowest BCUT2D eigenvalue weighted by Gasteiger charge is -2.21.